The van der Waals surface area contributed by atoms with Crippen molar-refractivity contribution < 1.29 is 98.2 Å². The molecule has 25 heteroatoms. The maximum Gasteiger partial charge on any atom is 0.218 e. The third kappa shape index (κ3) is 11.5. The van der Waals surface area contributed by atoms with E-state index in [1.54, 1.807) is 0 Å². The number of quaternary nitrogens is 2. The molecule has 2 aliphatic rings. The number of ether oxygens (including phenoxy) is 3. The fourth-order valence-electron chi connectivity index (χ4n) is 9.22. The van der Waals surface area contributed by atoms with E-state index in [4.69, 9.17) is 9.47 Å². The molecule has 2 saturated heterocycles. The molecule has 0 unspecified atom stereocenters. The summed E-state index contributed by atoms with van der Waals surface area (Å²) in [5, 5.41) is 57.9. The number of hydrogen-bond donors (Lipinski definition) is 6. The van der Waals surface area contributed by atoms with Crippen LogP contribution in [0.3, 0.4) is 0 Å². The van der Waals surface area contributed by atoms with Crippen molar-refractivity contribution in [1.29, 1.82) is 0 Å². The summed E-state index contributed by atoms with van der Waals surface area (Å²) in [5.41, 5.74) is 10.7. The summed E-state index contributed by atoms with van der Waals surface area (Å²) >= 11 is 0. The van der Waals surface area contributed by atoms with Gasteiger partial charge in [-0.1, -0.05) is 109 Å². The lowest BCUT2D eigenvalue weighted by molar-refractivity contribution is -0.386. The average molecular weight is 1040 g/mol. The Labute approximate surface area is 404 Å². The quantitative estimate of drug-likeness (QED) is 0.0489. The van der Waals surface area contributed by atoms with E-state index in [1.807, 2.05) is 0 Å². The Bertz CT molecular complexity index is 3390. The molecule has 2 fully saturated rings. The van der Waals surface area contributed by atoms with Crippen molar-refractivity contribution in [1.82, 2.24) is 4.72 Å². The van der Waals surface area contributed by atoms with E-state index in [0.717, 1.165) is 13.1 Å². The van der Waals surface area contributed by atoms with Crippen LogP contribution in [-0.2, 0) is 71.6 Å². The summed E-state index contributed by atoms with van der Waals surface area (Å²) in [6.07, 6.45) is -18.9. The first-order chi connectivity index (χ1) is 33.5. The molecule has 10 rings (SSSR count). The highest BCUT2D eigenvalue weighted by atomic mass is 32.3. The van der Waals surface area contributed by atoms with Gasteiger partial charge in [0.1, 0.15) is 31.4 Å². The number of aliphatic carboxylic acids is 1. The third-order valence-corrected chi connectivity index (χ3v) is 13.7. The number of aliphatic hydroxyl groups excluding tert-OH is 3. The lowest BCUT2D eigenvalue weighted by atomic mass is 9.92. The smallest absolute Gasteiger partial charge is 0.218 e. The lowest BCUT2D eigenvalue weighted by Gasteiger charge is -2.46. The molecular formula is C46H45N3O19S3-2. The standard InChI is InChI=1S/2C17H13N.C12H21NO19S3/c2*18-10-14-7-6-13-5-4-11-2-1-3-12-8-9-15(14)17(13)16(11)12;14-4-1-3(2-28-34(22,23)24)29-12(5(4)13-33(19,20)21)31-7-6(15)8(32-35(25,26)27)11(18)30-9(7)10(16)17/h2*1-9H,10,18H2;3-9,11-15,18H,1-2H2,(H,16,17)(H,19,20,21)(H,22,23,24)(H,25,26,27)/p-2/t;;3-,4-,5+,6-,7-,8+,9+,11-,12+/m..1/s1. The molecule has 22 nitrogen and oxygen atoms in total. The van der Waals surface area contributed by atoms with Crippen LogP contribution < -0.4 is 21.3 Å². The number of hydrogen-bond acceptors (Lipinski definition) is 19. The summed E-state index contributed by atoms with van der Waals surface area (Å²) in [7, 11) is -16.3. The highest BCUT2D eigenvalue weighted by Crippen LogP contribution is 2.37. The minimum absolute atomic E-state index is 0.672. The van der Waals surface area contributed by atoms with Crippen LogP contribution in [0.5, 0.6) is 0 Å². The fourth-order valence-corrected chi connectivity index (χ4v) is 10.6. The molecule has 0 amide bonds. The highest BCUT2D eigenvalue weighted by Gasteiger charge is 2.51. The number of carboxylic acids is 1. The van der Waals surface area contributed by atoms with Gasteiger partial charge < -0.3 is 64.6 Å². The number of nitrogens with one attached hydrogen (secondary N) is 1. The van der Waals surface area contributed by atoms with Crippen LogP contribution in [0.4, 0.5) is 0 Å². The molecule has 8 aromatic rings. The maximum atomic E-state index is 11.4. The van der Waals surface area contributed by atoms with E-state index in [9.17, 15) is 64.1 Å². The van der Waals surface area contributed by atoms with E-state index in [2.05, 4.69) is 134 Å². The number of carboxylic acid groups (broad SMARTS) is 1. The van der Waals surface area contributed by atoms with Gasteiger partial charge in [-0.05, 0) is 64.6 Å². The van der Waals surface area contributed by atoms with Gasteiger partial charge in [-0.25, -0.2) is 30.0 Å². The second kappa shape index (κ2) is 20.6. The third-order valence-electron chi connectivity index (χ3n) is 12.3. The van der Waals surface area contributed by atoms with Crippen molar-refractivity contribution in [3.63, 3.8) is 0 Å². The van der Waals surface area contributed by atoms with Crippen molar-refractivity contribution >= 4 is 102 Å². The van der Waals surface area contributed by atoms with Crippen molar-refractivity contribution in [2.75, 3.05) is 6.61 Å². The summed E-state index contributed by atoms with van der Waals surface area (Å²) in [4.78, 5) is 11.4. The molecular weight excluding hydrogens is 995 g/mol. The van der Waals surface area contributed by atoms with Crippen molar-refractivity contribution in [2.45, 2.75) is 74.8 Å². The first-order valence-corrected chi connectivity index (χ1v) is 25.7. The topological polar surface area (TPSA) is 386 Å². The van der Waals surface area contributed by atoms with Gasteiger partial charge in [0.05, 0.1) is 30.8 Å². The molecule has 0 aromatic heterocycles. The Morgan fingerprint density at radius 2 is 1.08 bits per heavy atom. The van der Waals surface area contributed by atoms with Crippen LogP contribution in [0.25, 0.3) is 64.6 Å². The Kier molecular flexibility index (Phi) is 15.1. The lowest BCUT2D eigenvalue weighted by Crippen LogP contribution is -2.67. The zero-order valence-corrected chi connectivity index (χ0v) is 39.4. The van der Waals surface area contributed by atoms with Crippen LogP contribution in [0, 0.1) is 0 Å². The van der Waals surface area contributed by atoms with Crippen LogP contribution in [0.15, 0.2) is 109 Å². The summed E-state index contributed by atoms with van der Waals surface area (Å²) < 4.78 is 122. The highest BCUT2D eigenvalue weighted by molar-refractivity contribution is 7.83. The van der Waals surface area contributed by atoms with E-state index >= 15 is 0 Å². The summed E-state index contributed by atoms with van der Waals surface area (Å²) in [6.45, 7) is 0.606. The van der Waals surface area contributed by atoms with Gasteiger partial charge in [0.15, 0.2) is 29.0 Å². The van der Waals surface area contributed by atoms with Crippen molar-refractivity contribution in [3.05, 3.63) is 120 Å². The largest absolute Gasteiger partial charge is 0.735 e. The number of carbonyl (C=O) groups excluding carboxylic acids is 1. The van der Waals surface area contributed by atoms with Gasteiger partial charge in [0, 0.05) is 17.5 Å². The van der Waals surface area contributed by atoms with Gasteiger partial charge in [0.25, 0.3) is 0 Å². The monoisotopic (exact) mass is 1040 g/mol. The van der Waals surface area contributed by atoms with Gasteiger partial charge in [-0.2, -0.15) is 0 Å². The Balaban J connectivity index is 0.000000155. The van der Waals surface area contributed by atoms with Gasteiger partial charge in [0.2, 0.25) is 20.8 Å². The second-order valence-electron chi connectivity index (χ2n) is 16.7. The second-order valence-corrected chi connectivity index (χ2v) is 19.9. The molecule has 0 saturated carbocycles. The minimum atomic E-state index is -5.63. The Morgan fingerprint density at radius 1 is 0.634 bits per heavy atom. The van der Waals surface area contributed by atoms with Crippen LogP contribution in [-0.4, -0.2) is 122 Å². The van der Waals surface area contributed by atoms with Crippen molar-refractivity contribution in [2.24, 2.45) is 0 Å². The molecule has 10 N–H and O–H groups in total. The molecule has 0 spiro atoms. The Hall–Kier alpha value is -5.40. The number of benzene rings is 8. The normalized spacial score (nSPS) is 24.3. The van der Waals surface area contributed by atoms with Crippen LogP contribution >= 0.6 is 0 Å². The Morgan fingerprint density at radius 3 is 1.51 bits per heavy atom. The average Bonchev–Trinajstić information content (AvgIpc) is 3.32. The first kappa shape index (κ1) is 51.9. The maximum absolute atomic E-state index is 11.4. The zero-order valence-electron chi connectivity index (χ0n) is 36.9. The van der Waals surface area contributed by atoms with Crippen LogP contribution in [0.1, 0.15) is 17.5 Å². The summed E-state index contributed by atoms with van der Waals surface area (Å²) in [6, 6.07) is 37.6. The molecule has 0 radical (unpaired) electrons. The molecule has 2 aliphatic heterocycles. The van der Waals surface area contributed by atoms with Gasteiger partial charge in [-0.15, -0.1) is 0 Å². The summed E-state index contributed by atoms with van der Waals surface area (Å²) in [5.74, 6) is -2.20. The molecule has 2 heterocycles. The van der Waals surface area contributed by atoms with E-state index in [1.165, 1.54) is 80.5 Å². The van der Waals surface area contributed by atoms with E-state index in [-0.39, 0.29) is 0 Å². The van der Waals surface area contributed by atoms with Crippen LogP contribution in [0.2, 0.25) is 0 Å². The van der Waals surface area contributed by atoms with E-state index < -0.39 is 105 Å². The number of aliphatic hydroxyl groups is 3. The van der Waals surface area contributed by atoms with Gasteiger partial charge in [-0.3, -0.25) is 8.37 Å². The zero-order chi connectivity index (χ0) is 51.2. The van der Waals surface area contributed by atoms with Crippen molar-refractivity contribution in [3.8, 4) is 0 Å². The molecule has 0 bridgehead atoms. The predicted octanol–water partition coefficient (Wildman–Crippen LogP) is -0.932. The fraction of sp³-hybridized carbons (Fsp3) is 0.283. The number of rotatable bonds is 12. The molecule has 71 heavy (non-hydrogen) atoms. The van der Waals surface area contributed by atoms with E-state index in [0.29, 0.717) is 0 Å². The number of carbonyl (C=O) groups is 1. The molecule has 9 atom stereocenters. The van der Waals surface area contributed by atoms with Gasteiger partial charge >= 0.3 is 0 Å². The minimum Gasteiger partial charge on any atom is -0.735 e. The SMILES string of the molecule is O=C([O-])[C@H]1O[C@@H](O)[C@@H](OS(=O)(=O)[O-])[C@H](O)[C@H]1O[C@@H]1O[C@@H](COS(=O)(=O)[O-])C[C@@H](O)[C@@H]1NS(=O)(=O)[O-].[NH3+]Cc1ccc2ccc3cccc4ccc1c2c34.[NH3+]Cc1ccc2ccc3cccc4ccc1c2c34. The molecule has 0 aliphatic carbocycles. The predicted molar refractivity (Wildman–Crippen MR) is 246 cm³/mol. The molecule has 8 aromatic carbocycles. The first-order valence-electron chi connectivity index (χ1n) is 21.6. The molecule has 378 valence electrons.